The number of para-hydroxylation sites is 1. The zero-order chi connectivity index (χ0) is 10.7. The molecule has 2 rings (SSSR count). The third-order valence-electron chi connectivity index (χ3n) is 2.61. The molecule has 0 aliphatic rings. The lowest BCUT2D eigenvalue weighted by atomic mass is 10.0. The van der Waals surface area contributed by atoms with E-state index in [9.17, 15) is 0 Å². The molecule has 0 fully saturated rings. The Balaban J connectivity index is 2.34. The van der Waals surface area contributed by atoms with E-state index in [-0.39, 0.29) is 12.5 Å². The van der Waals surface area contributed by atoms with Crippen molar-refractivity contribution < 1.29 is 9.52 Å². The number of aliphatic hydroxyl groups excluding tert-OH is 1. The third-order valence-corrected chi connectivity index (χ3v) is 2.61. The van der Waals surface area contributed by atoms with Crippen molar-refractivity contribution in [2.75, 3.05) is 13.2 Å². The Hall–Kier alpha value is -1.32. The van der Waals surface area contributed by atoms with Gasteiger partial charge in [0.15, 0.2) is 0 Å². The van der Waals surface area contributed by atoms with Crippen LogP contribution < -0.4 is 5.73 Å². The van der Waals surface area contributed by atoms with Crippen LogP contribution in [0.25, 0.3) is 11.0 Å². The van der Waals surface area contributed by atoms with Gasteiger partial charge in [-0.1, -0.05) is 18.2 Å². The molecule has 0 radical (unpaired) electrons. The van der Waals surface area contributed by atoms with Gasteiger partial charge in [0.2, 0.25) is 0 Å². The third kappa shape index (κ3) is 2.03. The van der Waals surface area contributed by atoms with Crippen LogP contribution in [0.15, 0.2) is 34.7 Å². The van der Waals surface area contributed by atoms with Crippen molar-refractivity contribution in [3.05, 3.63) is 36.1 Å². The van der Waals surface area contributed by atoms with Gasteiger partial charge in [0, 0.05) is 24.5 Å². The first-order valence-corrected chi connectivity index (χ1v) is 5.14. The summed E-state index contributed by atoms with van der Waals surface area (Å²) >= 11 is 0. The first-order chi connectivity index (χ1) is 7.35. The topological polar surface area (TPSA) is 59.4 Å². The predicted molar refractivity (Wildman–Crippen MR) is 59.7 cm³/mol. The molecule has 2 aromatic rings. The first kappa shape index (κ1) is 10.2. The minimum Gasteiger partial charge on any atom is -0.461 e. The fraction of sp³-hybridized carbons (Fsp3) is 0.333. The highest BCUT2D eigenvalue weighted by molar-refractivity contribution is 5.77. The molecule has 1 aromatic heterocycles. The Morgan fingerprint density at radius 2 is 2.13 bits per heavy atom. The molecule has 3 N–H and O–H groups in total. The standard InChI is InChI=1S/C12H15NO2/c13-8-10(5-6-14)12-7-9-3-1-2-4-11(9)15-12/h1-4,7,10,14H,5-6,8,13H2. The molecular formula is C12H15NO2. The molecule has 0 aliphatic carbocycles. The van der Waals surface area contributed by atoms with Gasteiger partial charge in [0.25, 0.3) is 0 Å². The van der Waals surface area contributed by atoms with Crippen LogP contribution in [0, 0.1) is 0 Å². The van der Waals surface area contributed by atoms with Gasteiger partial charge in [0.05, 0.1) is 0 Å². The smallest absolute Gasteiger partial charge is 0.134 e. The van der Waals surface area contributed by atoms with Crippen LogP contribution in [-0.2, 0) is 0 Å². The quantitative estimate of drug-likeness (QED) is 0.800. The van der Waals surface area contributed by atoms with E-state index < -0.39 is 0 Å². The van der Waals surface area contributed by atoms with Crippen LogP contribution in [0.4, 0.5) is 0 Å². The Bertz CT molecular complexity index is 403. The van der Waals surface area contributed by atoms with Crippen LogP contribution in [0.2, 0.25) is 0 Å². The van der Waals surface area contributed by atoms with Gasteiger partial charge >= 0.3 is 0 Å². The molecule has 0 spiro atoms. The molecule has 1 aromatic carbocycles. The summed E-state index contributed by atoms with van der Waals surface area (Å²) in [7, 11) is 0. The summed E-state index contributed by atoms with van der Waals surface area (Å²) in [5, 5.41) is 9.99. The van der Waals surface area contributed by atoms with Crippen LogP contribution in [0.3, 0.4) is 0 Å². The zero-order valence-corrected chi connectivity index (χ0v) is 8.52. The second-order valence-electron chi connectivity index (χ2n) is 3.63. The van der Waals surface area contributed by atoms with E-state index in [1.807, 2.05) is 30.3 Å². The normalized spacial score (nSPS) is 13.2. The van der Waals surface area contributed by atoms with E-state index in [1.165, 1.54) is 0 Å². The maximum absolute atomic E-state index is 8.91. The maximum Gasteiger partial charge on any atom is 0.134 e. The van der Waals surface area contributed by atoms with E-state index >= 15 is 0 Å². The van der Waals surface area contributed by atoms with E-state index in [2.05, 4.69) is 0 Å². The van der Waals surface area contributed by atoms with Crippen molar-refractivity contribution in [3.8, 4) is 0 Å². The molecule has 1 heterocycles. The number of aliphatic hydroxyl groups is 1. The molecular weight excluding hydrogens is 190 g/mol. The average molecular weight is 205 g/mol. The van der Waals surface area contributed by atoms with Crippen molar-refractivity contribution in [1.82, 2.24) is 0 Å². The van der Waals surface area contributed by atoms with Gasteiger partial charge in [-0.3, -0.25) is 0 Å². The van der Waals surface area contributed by atoms with E-state index in [0.29, 0.717) is 13.0 Å². The summed E-state index contributed by atoms with van der Waals surface area (Å²) in [5.41, 5.74) is 6.52. The highest BCUT2D eigenvalue weighted by Crippen LogP contribution is 2.26. The lowest BCUT2D eigenvalue weighted by Crippen LogP contribution is -2.13. The van der Waals surface area contributed by atoms with E-state index in [1.54, 1.807) is 0 Å². The molecule has 0 aliphatic heterocycles. The second kappa shape index (κ2) is 4.47. The van der Waals surface area contributed by atoms with Crippen molar-refractivity contribution in [2.24, 2.45) is 5.73 Å². The number of benzene rings is 1. The van der Waals surface area contributed by atoms with E-state index in [0.717, 1.165) is 16.7 Å². The van der Waals surface area contributed by atoms with Gasteiger partial charge in [-0.05, 0) is 18.6 Å². The largest absolute Gasteiger partial charge is 0.461 e. The Labute approximate surface area is 88.5 Å². The number of rotatable bonds is 4. The molecule has 3 nitrogen and oxygen atoms in total. The molecule has 80 valence electrons. The van der Waals surface area contributed by atoms with Crippen LogP contribution in [0.5, 0.6) is 0 Å². The summed E-state index contributed by atoms with van der Waals surface area (Å²) in [6, 6.07) is 9.87. The minimum atomic E-state index is 0.113. The Kier molecular flexibility index (Phi) is 3.04. The van der Waals surface area contributed by atoms with Gasteiger partial charge in [-0.15, -0.1) is 0 Å². The lowest BCUT2D eigenvalue weighted by Gasteiger charge is -2.08. The van der Waals surface area contributed by atoms with Gasteiger partial charge in [0.1, 0.15) is 11.3 Å². The molecule has 0 bridgehead atoms. The summed E-state index contributed by atoms with van der Waals surface area (Å²) < 4.78 is 5.68. The van der Waals surface area contributed by atoms with Gasteiger partial charge in [-0.25, -0.2) is 0 Å². The summed E-state index contributed by atoms with van der Waals surface area (Å²) in [5.74, 6) is 0.982. The molecule has 0 saturated carbocycles. The van der Waals surface area contributed by atoms with Gasteiger partial charge < -0.3 is 15.3 Å². The minimum absolute atomic E-state index is 0.113. The van der Waals surface area contributed by atoms with Crippen LogP contribution >= 0.6 is 0 Å². The first-order valence-electron chi connectivity index (χ1n) is 5.14. The molecule has 1 atom stereocenters. The SMILES string of the molecule is NCC(CCO)c1cc2ccccc2o1. The summed E-state index contributed by atoms with van der Waals surface area (Å²) in [4.78, 5) is 0. The van der Waals surface area contributed by atoms with Crippen molar-refractivity contribution in [2.45, 2.75) is 12.3 Å². The molecule has 1 unspecified atom stereocenters. The Morgan fingerprint density at radius 1 is 1.33 bits per heavy atom. The van der Waals surface area contributed by atoms with Crippen molar-refractivity contribution in [3.63, 3.8) is 0 Å². The average Bonchev–Trinajstić information content (AvgIpc) is 2.69. The fourth-order valence-electron chi connectivity index (χ4n) is 1.74. The number of furan rings is 1. The van der Waals surface area contributed by atoms with Crippen LogP contribution in [0.1, 0.15) is 18.1 Å². The van der Waals surface area contributed by atoms with Gasteiger partial charge in [-0.2, -0.15) is 0 Å². The molecule has 15 heavy (non-hydrogen) atoms. The van der Waals surface area contributed by atoms with Crippen LogP contribution in [-0.4, -0.2) is 18.3 Å². The monoisotopic (exact) mass is 205 g/mol. The highest BCUT2D eigenvalue weighted by atomic mass is 16.3. The van der Waals surface area contributed by atoms with Crippen molar-refractivity contribution >= 4 is 11.0 Å². The maximum atomic E-state index is 8.91. The number of fused-ring (bicyclic) bond motifs is 1. The number of hydrogen-bond donors (Lipinski definition) is 2. The fourth-order valence-corrected chi connectivity index (χ4v) is 1.74. The Morgan fingerprint density at radius 3 is 2.80 bits per heavy atom. The summed E-state index contributed by atoms with van der Waals surface area (Å²) in [6.45, 7) is 0.638. The van der Waals surface area contributed by atoms with Crippen molar-refractivity contribution in [1.29, 1.82) is 0 Å². The molecule has 0 saturated heterocycles. The number of nitrogens with two attached hydrogens (primary N) is 1. The second-order valence-corrected chi connectivity index (χ2v) is 3.63. The summed E-state index contributed by atoms with van der Waals surface area (Å²) in [6.07, 6.45) is 0.649. The highest BCUT2D eigenvalue weighted by Gasteiger charge is 2.13. The zero-order valence-electron chi connectivity index (χ0n) is 8.52. The number of hydrogen-bond acceptors (Lipinski definition) is 3. The lowest BCUT2D eigenvalue weighted by molar-refractivity contribution is 0.269. The molecule has 0 amide bonds. The van der Waals surface area contributed by atoms with E-state index in [4.69, 9.17) is 15.3 Å². The molecule has 3 heteroatoms. The predicted octanol–water partition coefficient (Wildman–Crippen LogP) is 1.86.